The zero-order valence-corrected chi connectivity index (χ0v) is 12.6. The minimum absolute atomic E-state index is 0.148. The van der Waals surface area contributed by atoms with Crippen LogP contribution in [-0.2, 0) is 9.22 Å². The highest BCUT2D eigenvalue weighted by molar-refractivity contribution is 6.74. The summed E-state index contributed by atoms with van der Waals surface area (Å²) in [6, 6.07) is 0. The molecule has 1 fully saturated rings. The van der Waals surface area contributed by atoms with Crippen LogP contribution in [0.2, 0.25) is 18.1 Å². The second-order valence-corrected chi connectivity index (χ2v) is 11.1. The van der Waals surface area contributed by atoms with Gasteiger partial charge >= 0.3 is 5.97 Å². The van der Waals surface area contributed by atoms with Crippen molar-refractivity contribution in [2.75, 3.05) is 13.1 Å². The van der Waals surface area contributed by atoms with Gasteiger partial charge < -0.3 is 9.53 Å². The molecule has 0 bridgehead atoms. The average Bonchev–Trinajstić information content (AvgIpc) is 2.10. The van der Waals surface area contributed by atoms with Gasteiger partial charge in [0.15, 0.2) is 8.32 Å². The van der Waals surface area contributed by atoms with Crippen LogP contribution in [0.5, 0.6) is 0 Å². The fraction of sp³-hybridized carbons (Fsp3) is 0.917. The maximum absolute atomic E-state index is 10.5. The number of nitrogens with zero attached hydrogens (tertiary/aromatic N) is 1. The number of hydrogen-bond acceptors (Lipinski definition) is 3. The van der Waals surface area contributed by atoms with Gasteiger partial charge in [0.25, 0.3) is 0 Å². The highest BCUT2D eigenvalue weighted by Gasteiger charge is 2.42. The third kappa shape index (κ3) is 3.79. The van der Waals surface area contributed by atoms with Crippen LogP contribution in [0.15, 0.2) is 0 Å². The molecule has 1 atom stereocenters. The topological polar surface area (TPSA) is 49.8 Å². The summed E-state index contributed by atoms with van der Waals surface area (Å²) in [6.45, 7) is 12.7. The third-order valence-electron chi connectivity index (χ3n) is 3.92. The highest BCUT2D eigenvalue weighted by Crippen LogP contribution is 2.39. The van der Waals surface area contributed by atoms with Gasteiger partial charge in [0.1, 0.15) is 6.23 Å². The lowest BCUT2D eigenvalue weighted by Crippen LogP contribution is -2.56. The zero-order valence-electron chi connectivity index (χ0n) is 11.6. The Balaban J connectivity index is 2.45. The van der Waals surface area contributed by atoms with E-state index in [-0.39, 0.29) is 17.7 Å². The molecule has 4 nitrogen and oxygen atoms in total. The second kappa shape index (κ2) is 5.08. The van der Waals surface area contributed by atoms with Gasteiger partial charge in [0.05, 0.1) is 6.42 Å². The molecule has 5 heteroatoms. The fourth-order valence-electron chi connectivity index (χ4n) is 1.56. The Labute approximate surface area is 105 Å². The van der Waals surface area contributed by atoms with Gasteiger partial charge in [-0.05, 0) is 24.6 Å². The Morgan fingerprint density at radius 2 is 2.06 bits per heavy atom. The van der Waals surface area contributed by atoms with Gasteiger partial charge in [0, 0.05) is 13.1 Å². The van der Waals surface area contributed by atoms with E-state index in [1.165, 1.54) is 0 Å². The minimum Gasteiger partial charge on any atom is -0.481 e. The molecule has 1 rings (SSSR count). The first-order chi connectivity index (χ1) is 7.63. The molecular formula is C12H25NO3Si. The molecule has 0 amide bonds. The molecule has 0 aromatic heterocycles. The van der Waals surface area contributed by atoms with E-state index < -0.39 is 14.3 Å². The lowest BCUT2D eigenvalue weighted by Gasteiger charge is -2.47. The Morgan fingerprint density at radius 3 is 2.41 bits per heavy atom. The lowest BCUT2D eigenvalue weighted by molar-refractivity contribution is -0.139. The largest absolute Gasteiger partial charge is 0.481 e. The monoisotopic (exact) mass is 259 g/mol. The van der Waals surface area contributed by atoms with E-state index in [2.05, 4.69) is 38.8 Å². The van der Waals surface area contributed by atoms with Gasteiger partial charge in [-0.15, -0.1) is 0 Å². The number of hydrogen-bond donors (Lipinski definition) is 1. The second-order valence-electron chi connectivity index (χ2n) is 6.30. The van der Waals surface area contributed by atoms with Crippen molar-refractivity contribution in [3.8, 4) is 0 Å². The van der Waals surface area contributed by atoms with E-state index >= 15 is 0 Å². The Hall–Kier alpha value is -0.393. The van der Waals surface area contributed by atoms with Crippen LogP contribution < -0.4 is 0 Å². The van der Waals surface area contributed by atoms with Gasteiger partial charge in [-0.2, -0.15) is 0 Å². The number of rotatable bonds is 5. The summed E-state index contributed by atoms with van der Waals surface area (Å²) in [7, 11) is -1.72. The molecule has 1 N–H and O–H groups in total. The van der Waals surface area contributed by atoms with Crippen LogP contribution in [-0.4, -0.2) is 43.6 Å². The van der Waals surface area contributed by atoms with Crippen LogP contribution in [0.3, 0.4) is 0 Å². The van der Waals surface area contributed by atoms with E-state index in [9.17, 15) is 4.79 Å². The normalized spacial score (nSPS) is 22.3. The van der Waals surface area contributed by atoms with E-state index in [0.29, 0.717) is 6.54 Å². The van der Waals surface area contributed by atoms with Crippen molar-refractivity contribution in [3.63, 3.8) is 0 Å². The van der Waals surface area contributed by atoms with Crippen LogP contribution in [0.1, 0.15) is 33.6 Å². The number of aliphatic carboxylic acids is 1. The highest BCUT2D eigenvalue weighted by atomic mass is 28.4. The van der Waals surface area contributed by atoms with E-state index in [0.717, 1.165) is 13.0 Å². The summed E-state index contributed by atoms with van der Waals surface area (Å²) in [5, 5.41) is 8.88. The Kier molecular flexibility index (Phi) is 4.38. The molecule has 17 heavy (non-hydrogen) atoms. The molecule has 1 heterocycles. The Morgan fingerprint density at radius 1 is 1.47 bits per heavy atom. The molecule has 100 valence electrons. The van der Waals surface area contributed by atoms with Crippen molar-refractivity contribution < 1.29 is 14.3 Å². The molecule has 0 saturated carbocycles. The summed E-state index contributed by atoms with van der Waals surface area (Å²) in [5.41, 5.74) is 0. The van der Waals surface area contributed by atoms with Crippen LogP contribution in [0, 0.1) is 0 Å². The minimum atomic E-state index is -1.72. The van der Waals surface area contributed by atoms with E-state index in [4.69, 9.17) is 9.53 Å². The number of carboxylic acids is 1. The SMILES string of the molecule is CC(C)(C)[Si](C)(C)OC1CCN1CCC(=O)O. The standard InChI is InChI=1S/C12H25NO3Si/c1-12(2,3)17(4,5)16-10-6-8-13(10)9-7-11(14)15/h10H,6-9H2,1-5H3,(H,14,15). The molecule has 0 radical (unpaired) electrons. The first-order valence-electron chi connectivity index (χ1n) is 6.27. The van der Waals surface area contributed by atoms with Crippen molar-refractivity contribution in [2.45, 2.75) is 58.0 Å². The average molecular weight is 259 g/mol. The molecule has 1 aliphatic rings. The zero-order chi connectivity index (χ0) is 13.3. The maximum atomic E-state index is 10.5. The van der Waals surface area contributed by atoms with Crippen LogP contribution in [0.4, 0.5) is 0 Å². The van der Waals surface area contributed by atoms with Crippen molar-refractivity contribution in [1.82, 2.24) is 4.90 Å². The number of likely N-dealkylation sites (tertiary alicyclic amines) is 1. The smallest absolute Gasteiger partial charge is 0.304 e. The van der Waals surface area contributed by atoms with Crippen molar-refractivity contribution in [2.24, 2.45) is 0 Å². The van der Waals surface area contributed by atoms with Gasteiger partial charge in [-0.25, -0.2) is 0 Å². The molecule has 0 aromatic carbocycles. The molecule has 0 aliphatic carbocycles. The predicted molar refractivity (Wildman–Crippen MR) is 70.5 cm³/mol. The van der Waals surface area contributed by atoms with Gasteiger partial charge in [-0.3, -0.25) is 9.69 Å². The Bertz CT molecular complexity index is 286. The summed E-state index contributed by atoms with van der Waals surface area (Å²) < 4.78 is 6.26. The summed E-state index contributed by atoms with van der Waals surface area (Å²) >= 11 is 0. The quantitative estimate of drug-likeness (QED) is 0.771. The maximum Gasteiger partial charge on any atom is 0.304 e. The van der Waals surface area contributed by atoms with Crippen LogP contribution in [0.25, 0.3) is 0 Å². The summed E-state index contributed by atoms with van der Waals surface area (Å²) in [6.07, 6.45) is 1.39. The van der Waals surface area contributed by atoms with Gasteiger partial charge in [-0.1, -0.05) is 20.8 Å². The molecule has 0 aromatic rings. The van der Waals surface area contributed by atoms with E-state index in [1.807, 2.05) is 0 Å². The molecule has 1 aliphatic heterocycles. The first-order valence-corrected chi connectivity index (χ1v) is 9.18. The molecular weight excluding hydrogens is 234 g/mol. The van der Waals surface area contributed by atoms with Gasteiger partial charge in [0.2, 0.25) is 0 Å². The van der Waals surface area contributed by atoms with Crippen LogP contribution >= 0.6 is 0 Å². The first kappa shape index (κ1) is 14.7. The third-order valence-corrected chi connectivity index (χ3v) is 8.39. The molecule has 1 unspecified atom stereocenters. The molecule has 1 saturated heterocycles. The number of carbonyl (C=O) groups is 1. The fourth-order valence-corrected chi connectivity index (χ4v) is 2.86. The summed E-state index contributed by atoms with van der Waals surface area (Å²) in [4.78, 5) is 12.7. The predicted octanol–water partition coefficient (Wildman–Crippen LogP) is 2.51. The van der Waals surface area contributed by atoms with Crippen molar-refractivity contribution in [1.29, 1.82) is 0 Å². The van der Waals surface area contributed by atoms with Crippen molar-refractivity contribution >= 4 is 14.3 Å². The molecule has 0 spiro atoms. The van der Waals surface area contributed by atoms with Crippen molar-refractivity contribution in [3.05, 3.63) is 0 Å². The number of carboxylic acid groups (broad SMARTS) is 1. The summed E-state index contributed by atoms with van der Waals surface area (Å²) in [5.74, 6) is -0.733. The van der Waals surface area contributed by atoms with E-state index in [1.54, 1.807) is 0 Å². The lowest BCUT2D eigenvalue weighted by atomic mass is 10.2.